The summed E-state index contributed by atoms with van der Waals surface area (Å²) < 4.78 is 0. The van der Waals surface area contributed by atoms with Crippen molar-refractivity contribution in [2.24, 2.45) is 0 Å². The minimum absolute atomic E-state index is 0.265. The van der Waals surface area contributed by atoms with E-state index in [1.54, 1.807) is 0 Å². The van der Waals surface area contributed by atoms with Gasteiger partial charge in [0.25, 0.3) is 0 Å². The quantitative estimate of drug-likeness (QED) is 0.818. The van der Waals surface area contributed by atoms with Gasteiger partial charge in [0.15, 0.2) is 0 Å². The monoisotopic (exact) mass is 393 g/mol. The Morgan fingerprint density at radius 2 is 1.79 bits per heavy atom. The molecule has 1 amide bonds. The third kappa shape index (κ3) is 4.42. The van der Waals surface area contributed by atoms with Crippen LogP contribution in [0.1, 0.15) is 42.9 Å². The summed E-state index contributed by atoms with van der Waals surface area (Å²) in [6, 6.07) is 8.52. The van der Waals surface area contributed by atoms with E-state index >= 15 is 0 Å². The van der Waals surface area contributed by atoms with E-state index < -0.39 is 0 Å². The molecule has 29 heavy (non-hydrogen) atoms. The zero-order valence-electron chi connectivity index (χ0n) is 17.5. The van der Waals surface area contributed by atoms with Crippen LogP contribution in [0.3, 0.4) is 0 Å². The highest BCUT2D eigenvalue weighted by molar-refractivity contribution is 5.91. The topological polar surface area (TPSA) is 61.4 Å². The Hall–Kier alpha value is -2.47. The van der Waals surface area contributed by atoms with Crippen molar-refractivity contribution in [3.05, 3.63) is 53.3 Å². The summed E-state index contributed by atoms with van der Waals surface area (Å²) in [4.78, 5) is 26.6. The number of hydrogen-bond donors (Lipinski definition) is 1. The fourth-order valence-corrected chi connectivity index (χ4v) is 4.20. The molecule has 0 unspecified atom stereocenters. The summed E-state index contributed by atoms with van der Waals surface area (Å²) in [5.41, 5.74) is 3.28. The molecule has 2 fully saturated rings. The predicted molar refractivity (Wildman–Crippen MR) is 115 cm³/mol. The minimum Gasteiger partial charge on any atom is -0.355 e. The second kappa shape index (κ2) is 8.49. The van der Waals surface area contributed by atoms with E-state index in [0.29, 0.717) is 11.9 Å². The Morgan fingerprint density at radius 1 is 1.07 bits per heavy atom. The number of aryl methyl sites for hydroxylation is 1. The molecule has 0 spiro atoms. The highest BCUT2D eigenvalue weighted by Crippen LogP contribution is 2.49. The third-order valence-corrected chi connectivity index (χ3v) is 6.09. The van der Waals surface area contributed by atoms with Crippen LogP contribution >= 0.6 is 0 Å². The van der Waals surface area contributed by atoms with Gasteiger partial charge in [-0.25, -0.2) is 9.97 Å². The molecule has 1 aliphatic heterocycles. The number of anilines is 1. The zero-order valence-corrected chi connectivity index (χ0v) is 17.5. The van der Waals surface area contributed by atoms with Gasteiger partial charge in [-0.15, -0.1) is 0 Å². The molecule has 0 atom stereocenters. The molecular weight excluding hydrogens is 362 g/mol. The summed E-state index contributed by atoms with van der Waals surface area (Å²) >= 11 is 0. The van der Waals surface area contributed by atoms with Crippen LogP contribution < -0.4 is 5.32 Å². The van der Waals surface area contributed by atoms with Gasteiger partial charge in [0.1, 0.15) is 0 Å². The molecular formula is C23H31N5O. The Bertz CT molecular complexity index is 829. The second-order valence-electron chi connectivity index (χ2n) is 8.32. The molecule has 2 aliphatic rings. The van der Waals surface area contributed by atoms with E-state index in [4.69, 9.17) is 0 Å². The average Bonchev–Trinajstić information content (AvgIpc) is 3.55. The summed E-state index contributed by atoms with van der Waals surface area (Å²) in [6.45, 7) is 9.30. The van der Waals surface area contributed by atoms with E-state index in [2.05, 4.69) is 56.3 Å². The van der Waals surface area contributed by atoms with Crippen molar-refractivity contribution < 1.29 is 4.79 Å². The second-order valence-corrected chi connectivity index (χ2v) is 8.32. The summed E-state index contributed by atoms with van der Waals surface area (Å²) in [5.74, 6) is 0.997. The van der Waals surface area contributed by atoms with E-state index in [0.717, 1.165) is 64.1 Å². The lowest BCUT2D eigenvalue weighted by Gasteiger charge is -2.27. The molecule has 4 rings (SSSR count). The van der Waals surface area contributed by atoms with Crippen molar-refractivity contribution in [3.63, 3.8) is 0 Å². The van der Waals surface area contributed by atoms with Crippen molar-refractivity contribution >= 4 is 11.9 Å². The number of aromatic nitrogens is 2. The van der Waals surface area contributed by atoms with Crippen molar-refractivity contribution in [1.82, 2.24) is 19.8 Å². The number of rotatable bonds is 6. The maximum absolute atomic E-state index is 13.4. The van der Waals surface area contributed by atoms with E-state index in [1.807, 2.05) is 19.3 Å². The molecule has 154 valence electrons. The number of carbonyl (C=O) groups excluding carboxylic acids is 1. The predicted octanol–water partition coefficient (Wildman–Crippen LogP) is 2.98. The molecule has 1 N–H and O–H groups in total. The highest BCUT2D eigenvalue weighted by Gasteiger charge is 2.52. The van der Waals surface area contributed by atoms with Gasteiger partial charge in [0.05, 0.1) is 5.41 Å². The van der Waals surface area contributed by atoms with Crippen molar-refractivity contribution in [1.29, 1.82) is 0 Å². The van der Waals surface area contributed by atoms with Crippen LogP contribution in [0.2, 0.25) is 0 Å². The molecule has 6 heteroatoms. The fraction of sp³-hybridized carbons (Fsp3) is 0.522. The van der Waals surface area contributed by atoms with Gasteiger partial charge in [-0.1, -0.05) is 29.8 Å². The van der Waals surface area contributed by atoms with Crippen LogP contribution in [-0.2, 0) is 16.8 Å². The van der Waals surface area contributed by atoms with Crippen molar-refractivity contribution in [2.75, 3.05) is 38.0 Å². The summed E-state index contributed by atoms with van der Waals surface area (Å²) in [6.07, 6.45) is 6.76. The Labute approximate surface area is 173 Å². The zero-order chi connectivity index (χ0) is 20.3. The van der Waals surface area contributed by atoms with Crippen LogP contribution in [0.15, 0.2) is 36.7 Å². The van der Waals surface area contributed by atoms with Crippen LogP contribution in [0.25, 0.3) is 0 Å². The standard InChI is InChI=1S/C23H31N5O/c1-3-24-22-25-15-19(16-26-22)17-27-11-4-12-28(14-13-27)21(29)23(9-10-23)20-7-5-18(2)6-8-20/h5-8,15-16H,3-4,9-14,17H2,1-2H3,(H,24,25,26). The van der Waals surface area contributed by atoms with Crippen LogP contribution in [-0.4, -0.2) is 58.4 Å². The number of hydrogen-bond acceptors (Lipinski definition) is 5. The molecule has 1 aromatic heterocycles. The van der Waals surface area contributed by atoms with E-state index in [-0.39, 0.29) is 5.41 Å². The molecule has 0 radical (unpaired) electrons. The van der Waals surface area contributed by atoms with Crippen molar-refractivity contribution in [2.45, 2.75) is 45.1 Å². The number of amides is 1. The Kier molecular flexibility index (Phi) is 5.81. The van der Waals surface area contributed by atoms with Gasteiger partial charge in [-0.05, 0) is 38.7 Å². The minimum atomic E-state index is -0.265. The highest BCUT2D eigenvalue weighted by atomic mass is 16.2. The third-order valence-electron chi connectivity index (χ3n) is 6.09. The van der Waals surface area contributed by atoms with E-state index in [1.165, 1.54) is 11.1 Å². The van der Waals surface area contributed by atoms with Gasteiger partial charge in [-0.2, -0.15) is 0 Å². The average molecular weight is 394 g/mol. The van der Waals surface area contributed by atoms with Crippen LogP contribution in [0, 0.1) is 6.92 Å². The fourth-order valence-electron chi connectivity index (χ4n) is 4.20. The summed E-state index contributed by atoms with van der Waals surface area (Å²) in [7, 11) is 0. The first kappa shape index (κ1) is 19.8. The maximum atomic E-state index is 13.4. The van der Waals surface area contributed by atoms with Gasteiger partial charge in [0.2, 0.25) is 11.9 Å². The number of nitrogens with zero attached hydrogens (tertiary/aromatic N) is 4. The first-order chi connectivity index (χ1) is 14.1. The molecule has 2 aromatic rings. The Morgan fingerprint density at radius 3 is 2.45 bits per heavy atom. The lowest BCUT2D eigenvalue weighted by atomic mass is 9.93. The van der Waals surface area contributed by atoms with Gasteiger partial charge >= 0.3 is 0 Å². The lowest BCUT2D eigenvalue weighted by molar-refractivity contribution is -0.133. The molecule has 1 aromatic carbocycles. The first-order valence-corrected chi connectivity index (χ1v) is 10.7. The number of carbonyl (C=O) groups is 1. The molecule has 1 aliphatic carbocycles. The maximum Gasteiger partial charge on any atom is 0.233 e. The SMILES string of the molecule is CCNc1ncc(CN2CCCN(C(=O)C3(c4ccc(C)cc4)CC3)CC2)cn1. The molecule has 1 saturated carbocycles. The van der Waals surface area contributed by atoms with Gasteiger partial charge in [-0.3, -0.25) is 9.69 Å². The number of benzene rings is 1. The number of nitrogens with one attached hydrogen (secondary N) is 1. The van der Waals surface area contributed by atoms with Crippen molar-refractivity contribution in [3.8, 4) is 0 Å². The van der Waals surface area contributed by atoms with Gasteiger partial charge in [0, 0.05) is 57.2 Å². The summed E-state index contributed by atoms with van der Waals surface area (Å²) in [5, 5.41) is 3.12. The smallest absolute Gasteiger partial charge is 0.233 e. The van der Waals surface area contributed by atoms with Gasteiger partial charge < -0.3 is 10.2 Å². The normalized spacial score (nSPS) is 18.9. The molecule has 2 heterocycles. The first-order valence-electron chi connectivity index (χ1n) is 10.7. The van der Waals surface area contributed by atoms with E-state index in [9.17, 15) is 4.79 Å². The van der Waals surface area contributed by atoms with Crippen LogP contribution in [0.5, 0.6) is 0 Å². The molecule has 6 nitrogen and oxygen atoms in total. The van der Waals surface area contributed by atoms with Crippen LogP contribution in [0.4, 0.5) is 5.95 Å². The lowest BCUT2D eigenvalue weighted by Crippen LogP contribution is -2.41. The largest absolute Gasteiger partial charge is 0.355 e. The molecule has 0 bridgehead atoms. The molecule has 1 saturated heterocycles. The Balaban J connectivity index is 1.36.